The Hall–Kier alpha value is -2.67. The fourth-order valence-corrected chi connectivity index (χ4v) is 4.73. The monoisotopic (exact) mass is 367 g/mol. The van der Waals surface area contributed by atoms with Gasteiger partial charge >= 0.3 is 5.69 Å². The maximum absolute atomic E-state index is 14.2. The third-order valence-corrected chi connectivity index (χ3v) is 6.12. The van der Waals surface area contributed by atoms with Crippen LogP contribution in [0.3, 0.4) is 0 Å². The normalized spacial score (nSPS) is 21.6. The van der Waals surface area contributed by atoms with Crippen LogP contribution < -0.4 is 5.69 Å². The minimum Gasteiger partial charge on any atom is -0.312 e. The van der Waals surface area contributed by atoms with E-state index in [1.807, 2.05) is 4.68 Å². The molecule has 2 atom stereocenters. The van der Waals surface area contributed by atoms with Crippen molar-refractivity contribution in [2.24, 2.45) is 0 Å². The first kappa shape index (κ1) is 16.5. The number of H-pyrrole nitrogens is 1. The van der Waals surface area contributed by atoms with Crippen LogP contribution in [0.25, 0.3) is 11.5 Å². The molecule has 4 heterocycles. The second kappa shape index (κ2) is 5.66. The van der Waals surface area contributed by atoms with Crippen LogP contribution in [-0.2, 0) is 6.42 Å². The largest absolute Gasteiger partial charge is 0.331 e. The Kier molecular flexibility index (Phi) is 3.46. The van der Waals surface area contributed by atoms with Gasteiger partial charge < -0.3 is 4.98 Å². The van der Waals surface area contributed by atoms with Crippen molar-refractivity contribution in [3.8, 4) is 11.5 Å². The van der Waals surface area contributed by atoms with Crippen LogP contribution in [0.1, 0.15) is 41.3 Å². The van der Waals surface area contributed by atoms with Crippen LogP contribution in [0.2, 0.25) is 0 Å². The zero-order valence-electron chi connectivity index (χ0n) is 15.7. The molecule has 2 bridgehead atoms. The van der Waals surface area contributed by atoms with Gasteiger partial charge in [0.05, 0.1) is 11.4 Å². The average molecular weight is 367 g/mol. The third kappa shape index (κ3) is 2.27. The summed E-state index contributed by atoms with van der Waals surface area (Å²) < 4.78 is 17.6. The van der Waals surface area contributed by atoms with E-state index in [-0.39, 0.29) is 17.5 Å². The minimum absolute atomic E-state index is 0.197. The van der Waals surface area contributed by atoms with Crippen molar-refractivity contribution in [2.45, 2.75) is 45.2 Å². The van der Waals surface area contributed by atoms with Gasteiger partial charge in [0.15, 0.2) is 0 Å². The topological polar surface area (TPSA) is 58.9 Å². The summed E-state index contributed by atoms with van der Waals surface area (Å²) in [6.07, 6.45) is 6.46. The summed E-state index contributed by atoms with van der Waals surface area (Å²) in [7, 11) is 2.15. The molecule has 2 aliphatic rings. The number of hydrogen-bond acceptors (Lipinski definition) is 3. The highest BCUT2D eigenvalue weighted by Gasteiger charge is 2.42. The quantitative estimate of drug-likeness (QED) is 0.758. The fraction of sp³-hybridized carbons (Fsp3) is 0.400. The molecule has 1 saturated heterocycles. The summed E-state index contributed by atoms with van der Waals surface area (Å²) in [5, 5.41) is 4.90. The molecule has 0 radical (unpaired) electrons. The molecule has 0 amide bonds. The summed E-state index contributed by atoms with van der Waals surface area (Å²) in [5.74, 6) is 0.564. The summed E-state index contributed by atoms with van der Waals surface area (Å²) in [6, 6.07) is 4.35. The van der Waals surface area contributed by atoms with Gasteiger partial charge in [-0.1, -0.05) is 0 Å². The molecule has 1 fully saturated rings. The summed E-state index contributed by atoms with van der Waals surface area (Å²) in [6.45, 7) is 3.51. The van der Waals surface area contributed by atoms with Gasteiger partial charge in [-0.05, 0) is 57.0 Å². The Morgan fingerprint density at radius 2 is 1.96 bits per heavy atom. The molecular formula is C20H22FN5O. The molecule has 5 rings (SSSR count). The first-order valence-electron chi connectivity index (χ1n) is 9.33. The number of nitrogens with one attached hydrogen (secondary N) is 1. The second-order valence-corrected chi connectivity index (χ2v) is 7.74. The van der Waals surface area contributed by atoms with Gasteiger partial charge in [0.1, 0.15) is 11.6 Å². The standard InChI is InChI=1S/C20H22FN5O/c1-11-8-14(9-12(2)18(11)21)26-19(25-7-6-22-20(25)27)17-15(23-26)10-13-4-5-16(17)24(13)3/h6-9,13,16H,4-5,10H2,1-3H3,(H,22,27)/t13-,16+/m0/s1. The molecule has 0 aliphatic carbocycles. The number of aryl methyl sites for hydroxylation is 2. The predicted molar refractivity (Wildman–Crippen MR) is 100 cm³/mol. The van der Waals surface area contributed by atoms with Crippen molar-refractivity contribution in [1.29, 1.82) is 0 Å². The maximum Gasteiger partial charge on any atom is 0.331 e. The lowest BCUT2D eigenvalue weighted by Crippen LogP contribution is -2.34. The molecule has 3 aromatic rings. The highest BCUT2D eigenvalue weighted by molar-refractivity contribution is 5.51. The Balaban J connectivity index is 1.81. The van der Waals surface area contributed by atoms with Crippen molar-refractivity contribution in [3.63, 3.8) is 0 Å². The van der Waals surface area contributed by atoms with Crippen LogP contribution in [0.5, 0.6) is 0 Å². The molecule has 1 N–H and O–H groups in total. The van der Waals surface area contributed by atoms with Crippen molar-refractivity contribution in [2.75, 3.05) is 7.05 Å². The molecule has 7 heteroatoms. The molecule has 0 saturated carbocycles. The van der Waals surface area contributed by atoms with E-state index in [9.17, 15) is 9.18 Å². The molecule has 1 aromatic carbocycles. The number of aromatic amines is 1. The number of likely N-dealkylation sites (N-methyl/N-ethyl adjacent to an activating group) is 1. The number of rotatable bonds is 2. The molecular weight excluding hydrogens is 345 g/mol. The molecule has 2 aromatic heterocycles. The number of imidazole rings is 1. The van der Waals surface area contributed by atoms with Crippen molar-refractivity contribution in [3.05, 3.63) is 63.2 Å². The van der Waals surface area contributed by atoms with Gasteiger partial charge in [0.2, 0.25) is 0 Å². The second-order valence-electron chi connectivity index (χ2n) is 7.74. The fourth-order valence-electron chi connectivity index (χ4n) is 4.73. The van der Waals surface area contributed by atoms with Gasteiger partial charge in [-0.25, -0.2) is 13.9 Å². The van der Waals surface area contributed by atoms with E-state index in [0.29, 0.717) is 17.2 Å². The predicted octanol–water partition coefficient (Wildman–Crippen LogP) is 2.80. The number of benzene rings is 1. The van der Waals surface area contributed by atoms with Gasteiger partial charge in [-0.3, -0.25) is 9.47 Å². The maximum atomic E-state index is 14.2. The molecule has 6 nitrogen and oxygen atoms in total. The lowest BCUT2D eigenvalue weighted by Gasteiger charge is -2.30. The Labute approximate surface area is 156 Å². The summed E-state index contributed by atoms with van der Waals surface area (Å²) in [4.78, 5) is 17.6. The van der Waals surface area contributed by atoms with Crippen LogP contribution >= 0.6 is 0 Å². The highest BCUT2D eigenvalue weighted by atomic mass is 19.1. The Morgan fingerprint density at radius 1 is 1.22 bits per heavy atom. The Morgan fingerprint density at radius 3 is 2.63 bits per heavy atom. The van der Waals surface area contributed by atoms with Gasteiger partial charge in [0, 0.05) is 36.5 Å². The number of hydrogen-bond donors (Lipinski definition) is 1. The van der Waals surface area contributed by atoms with Gasteiger partial charge in [-0.2, -0.15) is 5.10 Å². The van der Waals surface area contributed by atoms with E-state index >= 15 is 0 Å². The van der Waals surface area contributed by atoms with Crippen LogP contribution in [0, 0.1) is 19.7 Å². The lowest BCUT2D eigenvalue weighted by atomic mass is 10.00. The third-order valence-electron chi connectivity index (χ3n) is 6.12. The van der Waals surface area contributed by atoms with E-state index in [1.165, 1.54) is 0 Å². The average Bonchev–Trinajstić information content (AvgIpc) is 3.27. The first-order chi connectivity index (χ1) is 13.0. The van der Waals surface area contributed by atoms with Crippen molar-refractivity contribution in [1.82, 2.24) is 24.2 Å². The zero-order valence-corrected chi connectivity index (χ0v) is 15.7. The van der Waals surface area contributed by atoms with E-state index in [2.05, 4.69) is 16.9 Å². The smallest absolute Gasteiger partial charge is 0.312 e. The number of fused-ring (bicyclic) bond motifs is 4. The SMILES string of the molecule is Cc1cc(-n2nc3c(c2-n2cc[nH]c2=O)[C@H]2CC[C@@H](C3)N2C)cc(C)c1F. The van der Waals surface area contributed by atoms with Crippen LogP contribution in [-0.4, -0.2) is 37.3 Å². The zero-order chi connectivity index (χ0) is 18.9. The van der Waals surface area contributed by atoms with E-state index in [4.69, 9.17) is 5.10 Å². The highest BCUT2D eigenvalue weighted by Crippen LogP contribution is 2.45. The summed E-state index contributed by atoms with van der Waals surface area (Å²) >= 11 is 0. The van der Waals surface area contributed by atoms with Crippen molar-refractivity contribution >= 4 is 0 Å². The van der Waals surface area contributed by atoms with Gasteiger partial charge in [-0.15, -0.1) is 0 Å². The molecule has 0 spiro atoms. The first-order valence-corrected chi connectivity index (χ1v) is 9.33. The number of nitrogens with zero attached hydrogens (tertiary/aromatic N) is 4. The molecule has 27 heavy (non-hydrogen) atoms. The van der Waals surface area contributed by atoms with Gasteiger partial charge in [0.25, 0.3) is 0 Å². The minimum atomic E-state index is -0.199. The van der Waals surface area contributed by atoms with Crippen molar-refractivity contribution < 1.29 is 4.39 Å². The van der Waals surface area contributed by atoms with E-state index in [0.717, 1.165) is 42.0 Å². The molecule has 140 valence electrons. The van der Waals surface area contributed by atoms with E-state index < -0.39 is 0 Å². The summed E-state index contributed by atoms with van der Waals surface area (Å²) in [5.41, 5.74) is 3.89. The lowest BCUT2D eigenvalue weighted by molar-refractivity contribution is 0.223. The van der Waals surface area contributed by atoms with Crippen LogP contribution in [0.4, 0.5) is 4.39 Å². The number of aromatic nitrogens is 4. The van der Waals surface area contributed by atoms with Crippen LogP contribution in [0.15, 0.2) is 29.3 Å². The number of halogens is 1. The van der Waals surface area contributed by atoms with E-state index in [1.54, 1.807) is 42.9 Å². The molecule has 0 unspecified atom stereocenters. The Bertz CT molecular complexity index is 1090. The molecule has 2 aliphatic heterocycles.